The minimum absolute atomic E-state index is 0. The normalized spacial score (nSPS) is 22.7. The Bertz CT molecular complexity index is 1110. The molecule has 2 aliphatic heterocycles. The molecular weight excluding hydrogens is 436 g/mol. The van der Waals surface area contributed by atoms with Crippen LogP contribution in [0.1, 0.15) is 38.2 Å². The van der Waals surface area contributed by atoms with Gasteiger partial charge in [-0.2, -0.15) is 0 Å². The first-order valence-corrected chi connectivity index (χ1v) is 11.6. The smallest absolute Gasteiger partial charge is 0.251 e. The van der Waals surface area contributed by atoms with Gasteiger partial charge in [-0.15, -0.1) is 12.4 Å². The first kappa shape index (κ1) is 23.5. The van der Waals surface area contributed by atoms with Crippen molar-refractivity contribution in [2.24, 2.45) is 0 Å². The number of piperidine rings is 1. The predicted molar refractivity (Wildman–Crippen MR) is 133 cm³/mol. The summed E-state index contributed by atoms with van der Waals surface area (Å²) in [6.07, 6.45) is 5.25. The molecule has 3 aromatic rings. The van der Waals surface area contributed by atoms with Gasteiger partial charge in [-0.05, 0) is 61.6 Å². The SMILES string of the molecule is Cc1c(-c2ccc(OC3CCN(C(=O)[C@H]4CCCO4)C(C)C3)cc2)ccc2cccnc12.Cl. The minimum Gasteiger partial charge on any atom is -0.490 e. The number of pyridine rings is 1. The van der Waals surface area contributed by atoms with Crippen molar-refractivity contribution in [1.29, 1.82) is 0 Å². The minimum atomic E-state index is -0.240. The van der Waals surface area contributed by atoms with Gasteiger partial charge < -0.3 is 14.4 Å². The van der Waals surface area contributed by atoms with Crippen LogP contribution in [-0.2, 0) is 9.53 Å². The third-order valence-corrected chi connectivity index (χ3v) is 6.81. The largest absolute Gasteiger partial charge is 0.490 e. The summed E-state index contributed by atoms with van der Waals surface area (Å²) in [4.78, 5) is 19.2. The molecule has 2 aliphatic rings. The summed E-state index contributed by atoms with van der Waals surface area (Å²) in [5.41, 5.74) is 4.59. The highest BCUT2D eigenvalue weighted by molar-refractivity contribution is 5.88. The van der Waals surface area contributed by atoms with Gasteiger partial charge in [-0.3, -0.25) is 9.78 Å². The molecule has 3 heterocycles. The highest BCUT2D eigenvalue weighted by Gasteiger charge is 2.35. The molecule has 0 aliphatic carbocycles. The summed E-state index contributed by atoms with van der Waals surface area (Å²) in [6, 6.07) is 16.8. The fraction of sp³-hybridized carbons (Fsp3) is 0.407. The van der Waals surface area contributed by atoms with Crippen molar-refractivity contribution in [2.45, 2.75) is 57.8 Å². The Hall–Kier alpha value is -2.63. The molecule has 0 saturated carbocycles. The summed E-state index contributed by atoms with van der Waals surface area (Å²) in [6.45, 7) is 5.67. The van der Waals surface area contributed by atoms with E-state index in [4.69, 9.17) is 9.47 Å². The number of hydrogen-bond donors (Lipinski definition) is 0. The molecule has 1 amide bonds. The zero-order valence-corrected chi connectivity index (χ0v) is 20.0. The van der Waals surface area contributed by atoms with E-state index in [1.54, 1.807) is 0 Å². The van der Waals surface area contributed by atoms with Gasteiger partial charge in [0.05, 0.1) is 5.52 Å². The number of aromatic nitrogens is 1. The number of nitrogens with zero attached hydrogens (tertiary/aromatic N) is 2. The monoisotopic (exact) mass is 466 g/mol. The van der Waals surface area contributed by atoms with Crippen LogP contribution in [0, 0.1) is 6.92 Å². The van der Waals surface area contributed by atoms with Crippen LogP contribution >= 0.6 is 12.4 Å². The maximum atomic E-state index is 12.7. The van der Waals surface area contributed by atoms with Gasteiger partial charge in [0.25, 0.3) is 5.91 Å². The number of fused-ring (bicyclic) bond motifs is 1. The van der Waals surface area contributed by atoms with E-state index in [0.29, 0.717) is 6.61 Å². The van der Waals surface area contributed by atoms with Gasteiger partial charge in [-0.25, -0.2) is 0 Å². The lowest BCUT2D eigenvalue weighted by Crippen LogP contribution is -2.50. The average molecular weight is 467 g/mol. The zero-order valence-electron chi connectivity index (χ0n) is 19.2. The molecule has 5 nitrogen and oxygen atoms in total. The lowest BCUT2D eigenvalue weighted by atomic mass is 9.97. The molecule has 2 saturated heterocycles. The highest BCUT2D eigenvalue weighted by atomic mass is 35.5. The van der Waals surface area contributed by atoms with E-state index in [1.165, 1.54) is 11.1 Å². The third-order valence-electron chi connectivity index (χ3n) is 6.81. The number of ether oxygens (including phenoxy) is 2. The number of rotatable bonds is 4. The van der Waals surface area contributed by atoms with Gasteiger partial charge in [0.15, 0.2) is 0 Å². The molecule has 174 valence electrons. The fourth-order valence-corrected chi connectivity index (χ4v) is 5.03. The second-order valence-electron chi connectivity index (χ2n) is 8.98. The fourth-order valence-electron chi connectivity index (χ4n) is 5.03. The quantitative estimate of drug-likeness (QED) is 0.504. The molecule has 5 rings (SSSR count). The maximum absolute atomic E-state index is 12.7. The van der Waals surface area contributed by atoms with E-state index >= 15 is 0 Å². The molecule has 2 unspecified atom stereocenters. The zero-order chi connectivity index (χ0) is 22.1. The molecule has 1 aromatic heterocycles. The van der Waals surface area contributed by atoms with E-state index in [2.05, 4.69) is 49.2 Å². The topological polar surface area (TPSA) is 51.7 Å². The van der Waals surface area contributed by atoms with Crippen LogP contribution in [0.3, 0.4) is 0 Å². The molecule has 3 atom stereocenters. The molecular formula is C27H31ClN2O3. The molecule has 0 N–H and O–H groups in total. The van der Waals surface area contributed by atoms with E-state index < -0.39 is 0 Å². The molecule has 0 bridgehead atoms. The van der Waals surface area contributed by atoms with Crippen LogP contribution in [0.2, 0.25) is 0 Å². The Morgan fingerprint density at radius 3 is 2.67 bits per heavy atom. The second-order valence-corrected chi connectivity index (χ2v) is 8.98. The van der Waals surface area contributed by atoms with E-state index in [-0.39, 0.29) is 36.6 Å². The van der Waals surface area contributed by atoms with Crippen LogP contribution in [0.15, 0.2) is 54.7 Å². The number of halogens is 1. The van der Waals surface area contributed by atoms with Crippen LogP contribution in [0.25, 0.3) is 22.0 Å². The molecule has 0 radical (unpaired) electrons. The number of carbonyl (C=O) groups is 1. The summed E-state index contributed by atoms with van der Waals surface area (Å²) < 4.78 is 11.9. The third kappa shape index (κ3) is 4.85. The first-order valence-electron chi connectivity index (χ1n) is 11.6. The average Bonchev–Trinajstić information content (AvgIpc) is 3.35. The number of aryl methyl sites for hydroxylation is 1. The number of amides is 1. The molecule has 2 aromatic carbocycles. The van der Waals surface area contributed by atoms with E-state index in [9.17, 15) is 4.79 Å². The Morgan fingerprint density at radius 1 is 1.12 bits per heavy atom. The van der Waals surface area contributed by atoms with Gasteiger partial charge in [0.1, 0.15) is 18.0 Å². The first-order chi connectivity index (χ1) is 15.6. The van der Waals surface area contributed by atoms with Crippen molar-refractivity contribution >= 4 is 29.2 Å². The Balaban J connectivity index is 0.00000259. The molecule has 2 fully saturated rings. The van der Waals surface area contributed by atoms with Crippen LogP contribution in [-0.4, -0.2) is 47.2 Å². The van der Waals surface area contributed by atoms with E-state index in [1.807, 2.05) is 29.3 Å². The molecule has 0 spiro atoms. The number of likely N-dealkylation sites (tertiary alicyclic amines) is 1. The summed E-state index contributed by atoms with van der Waals surface area (Å²) in [7, 11) is 0. The van der Waals surface area contributed by atoms with Gasteiger partial charge in [-0.1, -0.05) is 30.3 Å². The lowest BCUT2D eigenvalue weighted by Gasteiger charge is -2.38. The number of hydrogen-bond acceptors (Lipinski definition) is 4. The molecule has 6 heteroatoms. The van der Waals surface area contributed by atoms with Gasteiger partial charge in [0, 0.05) is 43.6 Å². The van der Waals surface area contributed by atoms with Crippen LogP contribution in [0.4, 0.5) is 0 Å². The Morgan fingerprint density at radius 2 is 1.94 bits per heavy atom. The van der Waals surface area contributed by atoms with Crippen molar-refractivity contribution in [3.05, 3.63) is 60.3 Å². The molecule has 33 heavy (non-hydrogen) atoms. The standard InChI is InChI=1S/C27H30N2O3.ClH/c1-18-17-23(13-15-29(18)27(30)25-6-4-16-31-25)32-22-10-7-20(8-11-22)24-12-9-21-5-3-14-28-26(21)19(24)2;/h3,5,7-12,14,18,23,25H,4,6,13,15-17H2,1-2H3;1H/t18?,23?,25-;/m1./s1. The second kappa shape index (κ2) is 10.1. The van der Waals surface area contributed by atoms with Crippen molar-refractivity contribution in [3.8, 4) is 16.9 Å². The number of carbonyl (C=O) groups excluding carboxylic acids is 1. The lowest BCUT2D eigenvalue weighted by molar-refractivity contribution is -0.145. The number of benzene rings is 2. The van der Waals surface area contributed by atoms with E-state index in [0.717, 1.165) is 54.4 Å². The van der Waals surface area contributed by atoms with Crippen LogP contribution in [0.5, 0.6) is 5.75 Å². The van der Waals surface area contributed by atoms with Crippen LogP contribution < -0.4 is 4.74 Å². The summed E-state index contributed by atoms with van der Waals surface area (Å²) in [5, 5.41) is 1.16. The van der Waals surface area contributed by atoms with Gasteiger partial charge >= 0.3 is 0 Å². The Kier molecular flexibility index (Phi) is 7.20. The van der Waals surface area contributed by atoms with Crippen molar-refractivity contribution in [1.82, 2.24) is 9.88 Å². The summed E-state index contributed by atoms with van der Waals surface area (Å²) in [5.74, 6) is 1.03. The summed E-state index contributed by atoms with van der Waals surface area (Å²) >= 11 is 0. The van der Waals surface area contributed by atoms with Crippen molar-refractivity contribution < 1.29 is 14.3 Å². The van der Waals surface area contributed by atoms with Gasteiger partial charge in [0.2, 0.25) is 0 Å². The highest BCUT2D eigenvalue weighted by Crippen LogP contribution is 2.31. The predicted octanol–water partition coefficient (Wildman–Crippen LogP) is 5.57. The maximum Gasteiger partial charge on any atom is 0.251 e. The van der Waals surface area contributed by atoms with Crippen molar-refractivity contribution in [3.63, 3.8) is 0 Å². The Labute approximate surface area is 201 Å². The van der Waals surface area contributed by atoms with Crippen molar-refractivity contribution in [2.75, 3.05) is 13.2 Å².